The molecular weight excluding hydrogens is 186 g/mol. The van der Waals surface area contributed by atoms with E-state index < -0.39 is 0 Å². The quantitative estimate of drug-likeness (QED) is 0.813. The third-order valence-electron chi connectivity index (χ3n) is 3.13. The number of nitrogens with one attached hydrogen (secondary N) is 1. The lowest BCUT2D eigenvalue weighted by molar-refractivity contribution is 0.254. The Morgan fingerprint density at radius 2 is 2.27 bits per heavy atom. The second kappa shape index (κ2) is 3.53. The van der Waals surface area contributed by atoms with Crippen LogP contribution in [0, 0.1) is 0 Å². The Morgan fingerprint density at radius 1 is 1.40 bits per heavy atom. The van der Waals surface area contributed by atoms with Crippen molar-refractivity contribution in [3.63, 3.8) is 0 Å². The number of hydrogen-bond acceptors (Lipinski definition) is 2. The van der Waals surface area contributed by atoms with Gasteiger partial charge in [0.15, 0.2) is 0 Å². The van der Waals surface area contributed by atoms with Crippen molar-refractivity contribution in [3.8, 4) is 5.75 Å². The zero-order chi connectivity index (χ0) is 10.3. The number of rotatable bonds is 3. The van der Waals surface area contributed by atoms with Gasteiger partial charge in [-0.3, -0.25) is 0 Å². The minimum Gasteiger partial charge on any atom is -0.490 e. The normalized spacial score (nSPS) is 23.7. The summed E-state index contributed by atoms with van der Waals surface area (Å²) in [6, 6.07) is 7.36. The molecule has 1 aromatic carbocycles. The molecule has 0 spiro atoms. The molecule has 0 radical (unpaired) electrons. The summed E-state index contributed by atoms with van der Waals surface area (Å²) in [6.07, 6.45) is 4.12. The van der Waals surface area contributed by atoms with Crippen molar-refractivity contribution in [2.75, 3.05) is 0 Å². The highest BCUT2D eigenvalue weighted by Crippen LogP contribution is 2.29. The van der Waals surface area contributed by atoms with Gasteiger partial charge in [0.05, 0.1) is 0 Å². The first kappa shape index (κ1) is 9.22. The van der Waals surface area contributed by atoms with Gasteiger partial charge in [-0.05, 0) is 37.0 Å². The zero-order valence-electron chi connectivity index (χ0n) is 9.12. The summed E-state index contributed by atoms with van der Waals surface area (Å²) >= 11 is 0. The third kappa shape index (κ3) is 2.00. The van der Waals surface area contributed by atoms with Crippen molar-refractivity contribution >= 4 is 0 Å². The maximum atomic E-state index is 5.68. The molecule has 1 heterocycles. The molecule has 0 bridgehead atoms. The minimum absolute atomic E-state index is 0.353. The van der Waals surface area contributed by atoms with Gasteiger partial charge in [0.25, 0.3) is 0 Å². The number of benzene rings is 1. The molecule has 1 fully saturated rings. The van der Waals surface area contributed by atoms with Crippen LogP contribution < -0.4 is 10.1 Å². The van der Waals surface area contributed by atoms with Crippen LogP contribution in [0.1, 0.15) is 30.9 Å². The van der Waals surface area contributed by atoms with E-state index >= 15 is 0 Å². The number of ether oxygens (including phenoxy) is 1. The van der Waals surface area contributed by atoms with Crippen molar-refractivity contribution in [2.45, 2.75) is 44.9 Å². The minimum atomic E-state index is 0.353. The van der Waals surface area contributed by atoms with Crippen LogP contribution >= 0.6 is 0 Å². The van der Waals surface area contributed by atoms with Crippen LogP contribution in [0.15, 0.2) is 18.2 Å². The van der Waals surface area contributed by atoms with Gasteiger partial charge in [-0.25, -0.2) is 0 Å². The highest BCUT2D eigenvalue weighted by atomic mass is 16.5. The van der Waals surface area contributed by atoms with Gasteiger partial charge in [0, 0.05) is 19.0 Å². The topological polar surface area (TPSA) is 21.3 Å². The summed E-state index contributed by atoms with van der Waals surface area (Å²) in [6.45, 7) is 3.13. The van der Waals surface area contributed by atoms with E-state index in [2.05, 4.69) is 30.4 Å². The van der Waals surface area contributed by atoms with Gasteiger partial charge in [0.2, 0.25) is 0 Å². The smallest absolute Gasteiger partial charge is 0.123 e. The van der Waals surface area contributed by atoms with Gasteiger partial charge < -0.3 is 10.1 Å². The largest absolute Gasteiger partial charge is 0.490 e. The Morgan fingerprint density at radius 3 is 3.07 bits per heavy atom. The molecule has 0 amide bonds. The van der Waals surface area contributed by atoms with Gasteiger partial charge in [-0.15, -0.1) is 0 Å². The molecule has 2 aliphatic rings. The summed E-state index contributed by atoms with van der Waals surface area (Å²) in [5, 5.41) is 3.53. The highest BCUT2D eigenvalue weighted by Gasteiger charge is 2.21. The average molecular weight is 203 g/mol. The van der Waals surface area contributed by atoms with E-state index in [0.29, 0.717) is 6.10 Å². The molecule has 0 aromatic heterocycles. The van der Waals surface area contributed by atoms with Gasteiger partial charge in [0.1, 0.15) is 11.9 Å². The van der Waals surface area contributed by atoms with E-state index in [4.69, 9.17) is 4.74 Å². The lowest BCUT2D eigenvalue weighted by Gasteiger charge is -2.05. The molecule has 1 aliphatic carbocycles. The number of fused-ring (bicyclic) bond motifs is 1. The van der Waals surface area contributed by atoms with E-state index in [1.165, 1.54) is 24.0 Å². The molecule has 80 valence electrons. The summed E-state index contributed by atoms with van der Waals surface area (Å²) < 4.78 is 5.68. The van der Waals surface area contributed by atoms with E-state index in [-0.39, 0.29) is 0 Å². The molecular formula is C13H17NO. The van der Waals surface area contributed by atoms with E-state index in [1.54, 1.807) is 0 Å². The number of hydrogen-bond donors (Lipinski definition) is 1. The Balaban J connectivity index is 1.71. The van der Waals surface area contributed by atoms with Crippen LogP contribution in [0.3, 0.4) is 0 Å². The van der Waals surface area contributed by atoms with Crippen molar-refractivity contribution in [3.05, 3.63) is 29.3 Å². The summed E-state index contributed by atoms with van der Waals surface area (Å²) in [5.74, 6) is 1.08. The van der Waals surface area contributed by atoms with Crippen molar-refractivity contribution < 1.29 is 4.74 Å². The predicted octanol–water partition coefficient (Wildman–Crippen LogP) is 2.26. The SMILES string of the molecule is CC1Cc2cc(CNC3CC3)ccc2O1. The van der Waals surface area contributed by atoms with Crippen LogP contribution in [0.4, 0.5) is 0 Å². The van der Waals surface area contributed by atoms with Gasteiger partial charge >= 0.3 is 0 Å². The van der Waals surface area contributed by atoms with Gasteiger partial charge in [-0.2, -0.15) is 0 Å². The molecule has 15 heavy (non-hydrogen) atoms. The van der Waals surface area contributed by atoms with Crippen LogP contribution in [-0.4, -0.2) is 12.1 Å². The van der Waals surface area contributed by atoms with Crippen molar-refractivity contribution in [1.29, 1.82) is 0 Å². The molecule has 1 N–H and O–H groups in total. The summed E-state index contributed by atoms with van der Waals surface area (Å²) in [7, 11) is 0. The maximum Gasteiger partial charge on any atom is 0.123 e. The second-order valence-electron chi connectivity index (χ2n) is 4.73. The highest BCUT2D eigenvalue weighted by molar-refractivity contribution is 5.40. The Labute approximate surface area is 90.6 Å². The first-order chi connectivity index (χ1) is 7.31. The first-order valence-electron chi connectivity index (χ1n) is 5.83. The molecule has 1 unspecified atom stereocenters. The summed E-state index contributed by atoms with van der Waals surface area (Å²) in [4.78, 5) is 0. The van der Waals surface area contributed by atoms with Crippen molar-refractivity contribution in [1.82, 2.24) is 5.32 Å². The van der Waals surface area contributed by atoms with E-state index in [0.717, 1.165) is 24.8 Å². The van der Waals surface area contributed by atoms with Crippen LogP contribution in [0.25, 0.3) is 0 Å². The lowest BCUT2D eigenvalue weighted by atomic mass is 10.1. The van der Waals surface area contributed by atoms with Crippen molar-refractivity contribution in [2.24, 2.45) is 0 Å². The molecule has 3 rings (SSSR count). The molecule has 1 aliphatic heterocycles. The van der Waals surface area contributed by atoms with Crippen LogP contribution in [0.5, 0.6) is 5.75 Å². The van der Waals surface area contributed by atoms with Crippen LogP contribution in [-0.2, 0) is 13.0 Å². The average Bonchev–Trinajstić information content (AvgIpc) is 2.96. The fourth-order valence-corrected chi connectivity index (χ4v) is 2.13. The zero-order valence-corrected chi connectivity index (χ0v) is 9.12. The third-order valence-corrected chi connectivity index (χ3v) is 3.13. The van der Waals surface area contributed by atoms with Crippen LogP contribution in [0.2, 0.25) is 0 Å². The van der Waals surface area contributed by atoms with E-state index in [9.17, 15) is 0 Å². The molecule has 1 aromatic rings. The molecule has 2 nitrogen and oxygen atoms in total. The van der Waals surface area contributed by atoms with E-state index in [1.807, 2.05) is 0 Å². The predicted molar refractivity (Wildman–Crippen MR) is 60.1 cm³/mol. The second-order valence-corrected chi connectivity index (χ2v) is 4.73. The molecule has 0 saturated heterocycles. The Hall–Kier alpha value is -1.02. The lowest BCUT2D eigenvalue weighted by Crippen LogP contribution is -2.15. The Bertz CT molecular complexity index is 371. The fraction of sp³-hybridized carbons (Fsp3) is 0.538. The Kier molecular flexibility index (Phi) is 2.17. The van der Waals surface area contributed by atoms with Gasteiger partial charge in [-0.1, -0.05) is 12.1 Å². The standard InChI is InChI=1S/C13H17NO/c1-9-6-11-7-10(2-5-13(11)15-9)8-14-12-3-4-12/h2,5,7,9,12,14H,3-4,6,8H2,1H3. The monoisotopic (exact) mass is 203 g/mol. The first-order valence-corrected chi connectivity index (χ1v) is 5.83. The molecule has 1 atom stereocenters. The molecule has 1 saturated carbocycles. The maximum absolute atomic E-state index is 5.68. The molecule has 2 heteroatoms. The fourth-order valence-electron chi connectivity index (χ4n) is 2.13. The summed E-state index contributed by atoms with van der Waals surface area (Å²) in [5.41, 5.74) is 2.76.